The number of aliphatic carboxylic acids is 1. The van der Waals surface area contributed by atoms with Crippen molar-refractivity contribution in [3.8, 4) is 11.4 Å². The maximum absolute atomic E-state index is 11.1. The minimum Gasteiger partial charge on any atom is -0.480 e. The third-order valence-electron chi connectivity index (χ3n) is 2.96. The third kappa shape index (κ3) is 4.03. The summed E-state index contributed by atoms with van der Waals surface area (Å²) in [7, 11) is 0. The largest absolute Gasteiger partial charge is 0.480 e. The number of halogens is 1. The Balaban J connectivity index is 2.05. The van der Waals surface area contributed by atoms with Gasteiger partial charge in [-0.05, 0) is 18.1 Å². The summed E-state index contributed by atoms with van der Waals surface area (Å²) in [6, 6.07) is 6.45. The van der Waals surface area contributed by atoms with Crippen LogP contribution in [0.5, 0.6) is 0 Å². The summed E-state index contributed by atoms with van der Waals surface area (Å²) in [5.41, 5.74) is 0.746. The van der Waals surface area contributed by atoms with E-state index in [1.807, 2.05) is 19.9 Å². The number of aromatic nitrogens is 2. The molecule has 21 heavy (non-hydrogen) atoms. The van der Waals surface area contributed by atoms with Gasteiger partial charge in [-0.15, -0.1) is 0 Å². The first-order chi connectivity index (χ1) is 9.97. The van der Waals surface area contributed by atoms with E-state index in [0.29, 0.717) is 16.7 Å². The molecule has 112 valence electrons. The number of carboxylic acids is 1. The standard InChI is InChI=1S/C14H16ClN3O3/c1-8(2)12(14(19)20)16-7-11-17-13(18-21-11)9-4-3-5-10(15)6-9/h3-6,8,12,16H,7H2,1-2H3,(H,19,20). The minimum absolute atomic E-state index is 0.0437. The fourth-order valence-electron chi connectivity index (χ4n) is 1.88. The van der Waals surface area contributed by atoms with Crippen molar-refractivity contribution in [2.75, 3.05) is 0 Å². The van der Waals surface area contributed by atoms with E-state index in [2.05, 4.69) is 15.5 Å². The van der Waals surface area contributed by atoms with Crippen LogP contribution in [-0.4, -0.2) is 27.3 Å². The highest BCUT2D eigenvalue weighted by Crippen LogP contribution is 2.19. The monoisotopic (exact) mass is 309 g/mol. The van der Waals surface area contributed by atoms with Crippen LogP contribution in [0.1, 0.15) is 19.7 Å². The summed E-state index contributed by atoms with van der Waals surface area (Å²) >= 11 is 5.91. The average molecular weight is 310 g/mol. The normalized spacial score (nSPS) is 12.6. The van der Waals surface area contributed by atoms with Crippen molar-refractivity contribution in [2.24, 2.45) is 5.92 Å². The molecule has 0 spiro atoms. The molecule has 0 aliphatic rings. The molecular weight excluding hydrogens is 294 g/mol. The van der Waals surface area contributed by atoms with Crippen LogP contribution < -0.4 is 5.32 Å². The SMILES string of the molecule is CC(C)C(NCc1nc(-c2cccc(Cl)c2)no1)C(=O)O. The van der Waals surface area contributed by atoms with Crippen molar-refractivity contribution in [2.45, 2.75) is 26.4 Å². The molecule has 1 aromatic carbocycles. The fourth-order valence-corrected chi connectivity index (χ4v) is 2.07. The molecule has 2 N–H and O–H groups in total. The predicted molar refractivity (Wildman–Crippen MR) is 77.8 cm³/mol. The first kappa shape index (κ1) is 15.5. The Labute approximate surface area is 127 Å². The predicted octanol–water partition coefficient (Wildman–Crippen LogP) is 2.59. The molecule has 1 aromatic heterocycles. The third-order valence-corrected chi connectivity index (χ3v) is 3.19. The van der Waals surface area contributed by atoms with Gasteiger partial charge < -0.3 is 9.63 Å². The lowest BCUT2D eigenvalue weighted by atomic mass is 10.1. The molecule has 2 aromatic rings. The van der Waals surface area contributed by atoms with E-state index in [1.54, 1.807) is 18.2 Å². The van der Waals surface area contributed by atoms with E-state index in [1.165, 1.54) is 0 Å². The van der Waals surface area contributed by atoms with Gasteiger partial charge in [-0.3, -0.25) is 10.1 Å². The Hall–Kier alpha value is -1.92. The number of benzene rings is 1. The maximum atomic E-state index is 11.1. The molecule has 0 aliphatic carbocycles. The number of carbonyl (C=O) groups is 1. The summed E-state index contributed by atoms with van der Waals surface area (Å²) in [5.74, 6) is -0.194. The zero-order valence-electron chi connectivity index (χ0n) is 11.7. The molecule has 1 atom stereocenters. The van der Waals surface area contributed by atoms with Gasteiger partial charge in [-0.1, -0.05) is 42.7 Å². The number of carboxylic acid groups (broad SMARTS) is 1. The van der Waals surface area contributed by atoms with Gasteiger partial charge in [0.05, 0.1) is 6.54 Å². The van der Waals surface area contributed by atoms with Crippen LogP contribution in [0.15, 0.2) is 28.8 Å². The molecule has 0 bridgehead atoms. The smallest absolute Gasteiger partial charge is 0.320 e. The molecule has 0 amide bonds. The molecule has 2 rings (SSSR count). The molecular formula is C14H16ClN3O3. The van der Waals surface area contributed by atoms with Crippen molar-refractivity contribution in [3.63, 3.8) is 0 Å². The first-order valence-corrected chi connectivity index (χ1v) is 6.90. The van der Waals surface area contributed by atoms with Crippen LogP contribution >= 0.6 is 11.6 Å². The van der Waals surface area contributed by atoms with E-state index in [-0.39, 0.29) is 12.5 Å². The van der Waals surface area contributed by atoms with E-state index in [9.17, 15) is 4.79 Å². The van der Waals surface area contributed by atoms with Gasteiger partial charge in [0, 0.05) is 10.6 Å². The Morgan fingerprint density at radius 3 is 2.86 bits per heavy atom. The minimum atomic E-state index is -0.903. The second-order valence-corrected chi connectivity index (χ2v) is 5.40. The Morgan fingerprint density at radius 1 is 1.48 bits per heavy atom. The van der Waals surface area contributed by atoms with Gasteiger partial charge in [-0.25, -0.2) is 0 Å². The van der Waals surface area contributed by atoms with Gasteiger partial charge in [0.15, 0.2) is 0 Å². The second kappa shape index (κ2) is 6.69. The molecule has 0 saturated heterocycles. The molecule has 7 heteroatoms. The molecule has 1 unspecified atom stereocenters. The number of hydrogen-bond donors (Lipinski definition) is 2. The van der Waals surface area contributed by atoms with Gasteiger partial charge >= 0.3 is 5.97 Å². The molecule has 6 nitrogen and oxygen atoms in total. The summed E-state index contributed by atoms with van der Waals surface area (Å²) in [5, 5.41) is 16.4. The highest BCUT2D eigenvalue weighted by Gasteiger charge is 2.21. The summed E-state index contributed by atoms with van der Waals surface area (Å²) < 4.78 is 5.11. The van der Waals surface area contributed by atoms with Crippen LogP contribution in [0.25, 0.3) is 11.4 Å². The highest BCUT2D eigenvalue weighted by molar-refractivity contribution is 6.30. The van der Waals surface area contributed by atoms with Crippen LogP contribution in [-0.2, 0) is 11.3 Å². The second-order valence-electron chi connectivity index (χ2n) is 4.96. The fraction of sp³-hybridized carbons (Fsp3) is 0.357. The molecule has 0 aliphatic heterocycles. The van der Waals surface area contributed by atoms with E-state index >= 15 is 0 Å². The Bertz CT molecular complexity index is 627. The van der Waals surface area contributed by atoms with Crippen molar-refractivity contribution in [3.05, 3.63) is 35.2 Å². The zero-order chi connectivity index (χ0) is 15.4. The zero-order valence-corrected chi connectivity index (χ0v) is 12.5. The topological polar surface area (TPSA) is 88.3 Å². The maximum Gasteiger partial charge on any atom is 0.320 e. The van der Waals surface area contributed by atoms with E-state index < -0.39 is 12.0 Å². The van der Waals surface area contributed by atoms with E-state index in [0.717, 1.165) is 5.56 Å². The van der Waals surface area contributed by atoms with Crippen LogP contribution in [0.4, 0.5) is 0 Å². The van der Waals surface area contributed by atoms with Crippen LogP contribution in [0.2, 0.25) is 5.02 Å². The Kier molecular flexibility index (Phi) is 4.93. The summed E-state index contributed by atoms with van der Waals surface area (Å²) in [4.78, 5) is 15.3. The quantitative estimate of drug-likeness (QED) is 0.852. The van der Waals surface area contributed by atoms with Crippen molar-refractivity contribution < 1.29 is 14.4 Å². The molecule has 0 radical (unpaired) electrons. The molecule has 1 heterocycles. The van der Waals surface area contributed by atoms with Gasteiger partial charge in [-0.2, -0.15) is 4.98 Å². The lowest BCUT2D eigenvalue weighted by Crippen LogP contribution is -2.40. The first-order valence-electron chi connectivity index (χ1n) is 6.52. The Morgan fingerprint density at radius 2 is 2.24 bits per heavy atom. The highest BCUT2D eigenvalue weighted by atomic mass is 35.5. The van der Waals surface area contributed by atoms with Crippen LogP contribution in [0, 0.1) is 5.92 Å². The van der Waals surface area contributed by atoms with Gasteiger partial charge in [0.1, 0.15) is 6.04 Å². The average Bonchev–Trinajstić information content (AvgIpc) is 2.87. The van der Waals surface area contributed by atoms with Gasteiger partial charge in [0.25, 0.3) is 0 Å². The summed E-state index contributed by atoms with van der Waals surface area (Å²) in [6.07, 6.45) is 0. The lowest BCUT2D eigenvalue weighted by molar-refractivity contribution is -0.140. The molecule has 0 fully saturated rings. The molecule has 0 saturated carbocycles. The number of nitrogens with one attached hydrogen (secondary N) is 1. The van der Waals surface area contributed by atoms with Crippen LogP contribution in [0.3, 0.4) is 0 Å². The number of nitrogens with zero attached hydrogens (tertiary/aromatic N) is 2. The number of rotatable bonds is 6. The lowest BCUT2D eigenvalue weighted by Gasteiger charge is -2.16. The van der Waals surface area contributed by atoms with E-state index in [4.69, 9.17) is 21.2 Å². The van der Waals surface area contributed by atoms with Gasteiger partial charge in [0.2, 0.25) is 11.7 Å². The van der Waals surface area contributed by atoms with Crippen molar-refractivity contribution in [1.29, 1.82) is 0 Å². The van der Waals surface area contributed by atoms with Crippen molar-refractivity contribution >= 4 is 17.6 Å². The van der Waals surface area contributed by atoms with Crippen molar-refractivity contribution in [1.82, 2.24) is 15.5 Å². The number of hydrogen-bond acceptors (Lipinski definition) is 5. The summed E-state index contributed by atoms with van der Waals surface area (Å²) in [6.45, 7) is 3.86.